The molecule has 0 radical (unpaired) electrons. The van der Waals surface area contributed by atoms with Crippen LogP contribution in [0.2, 0.25) is 0 Å². The highest BCUT2D eigenvalue weighted by Crippen LogP contribution is 2.25. The van der Waals surface area contributed by atoms with E-state index in [1.165, 1.54) is 29.1 Å². The molecule has 1 N–H and O–H groups in total. The summed E-state index contributed by atoms with van der Waals surface area (Å²) in [5.41, 5.74) is 3.09. The average Bonchev–Trinajstić information content (AvgIpc) is 3.04. The molecule has 1 aromatic heterocycles. The Balaban J connectivity index is 1.45. The first-order chi connectivity index (χ1) is 12.6. The van der Waals surface area contributed by atoms with Gasteiger partial charge in [-0.15, -0.1) is 23.5 Å². The second-order valence-corrected chi connectivity index (χ2v) is 8.81. The summed E-state index contributed by atoms with van der Waals surface area (Å²) >= 11 is 2.90. The Morgan fingerprint density at radius 1 is 1.31 bits per heavy atom. The fourth-order valence-electron chi connectivity index (χ4n) is 3.59. The van der Waals surface area contributed by atoms with E-state index in [9.17, 15) is 14.4 Å². The smallest absolute Gasteiger partial charge is 0.255 e. The first-order valence-corrected chi connectivity index (χ1v) is 11.0. The van der Waals surface area contributed by atoms with Crippen molar-refractivity contribution in [2.45, 2.75) is 36.9 Å². The number of thioether (sulfide) groups is 2. The van der Waals surface area contributed by atoms with Gasteiger partial charge in [0.1, 0.15) is 5.37 Å². The van der Waals surface area contributed by atoms with Crippen molar-refractivity contribution in [1.82, 2.24) is 9.88 Å². The number of nitrogens with zero attached hydrogens (tertiary/aromatic N) is 1. The quantitative estimate of drug-likeness (QED) is 0.851. The Morgan fingerprint density at radius 3 is 3.00 bits per heavy atom. The lowest BCUT2D eigenvalue weighted by molar-refractivity contribution is -0.123. The minimum Gasteiger partial charge on any atom is -0.337 e. The topological polar surface area (TPSA) is 68.2 Å². The van der Waals surface area contributed by atoms with E-state index in [-0.39, 0.29) is 23.0 Å². The molecule has 1 aromatic carbocycles. The van der Waals surface area contributed by atoms with E-state index < -0.39 is 5.37 Å². The first-order valence-electron chi connectivity index (χ1n) is 8.79. The van der Waals surface area contributed by atoms with Gasteiger partial charge in [0.25, 0.3) is 5.56 Å². The largest absolute Gasteiger partial charge is 0.337 e. The van der Waals surface area contributed by atoms with Gasteiger partial charge in [0.2, 0.25) is 5.91 Å². The maximum absolute atomic E-state index is 12.8. The maximum atomic E-state index is 12.8. The lowest BCUT2D eigenvalue weighted by Gasteiger charge is -2.20. The molecule has 1 unspecified atom stereocenters. The monoisotopic (exact) mass is 388 g/mol. The van der Waals surface area contributed by atoms with Crippen molar-refractivity contribution < 1.29 is 9.59 Å². The summed E-state index contributed by atoms with van der Waals surface area (Å²) in [4.78, 5) is 36.4. The van der Waals surface area contributed by atoms with Crippen LogP contribution in [0.15, 0.2) is 29.1 Å². The van der Waals surface area contributed by atoms with Crippen LogP contribution in [0.1, 0.15) is 24.0 Å². The van der Waals surface area contributed by atoms with Crippen molar-refractivity contribution in [3.05, 3.63) is 45.7 Å². The van der Waals surface area contributed by atoms with Gasteiger partial charge in [-0.2, -0.15) is 0 Å². The number of aryl methyl sites for hydroxylation is 2. The molecule has 1 atom stereocenters. The third-order valence-electron chi connectivity index (χ3n) is 4.81. The predicted molar refractivity (Wildman–Crippen MR) is 107 cm³/mol. The normalized spacial score (nSPS) is 19.1. The number of hydrogen-bond acceptors (Lipinski definition) is 5. The van der Waals surface area contributed by atoms with Crippen LogP contribution in [-0.2, 0) is 28.3 Å². The summed E-state index contributed by atoms with van der Waals surface area (Å²) in [5.74, 6) is 1.47. The van der Waals surface area contributed by atoms with Gasteiger partial charge in [-0.1, -0.05) is 18.2 Å². The minimum atomic E-state index is -0.391. The fraction of sp³-hybridized carbons (Fsp3) is 0.421. The van der Waals surface area contributed by atoms with Crippen LogP contribution in [0, 0.1) is 0 Å². The highest BCUT2D eigenvalue weighted by atomic mass is 32.2. The van der Waals surface area contributed by atoms with Gasteiger partial charge in [0.15, 0.2) is 5.78 Å². The number of hydrogen-bond donors (Lipinski definition) is 1. The van der Waals surface area contributed by atoms with Crippen LogP contribution >= 0.6 is 23.5 Å². The molecule has 1 saturated heterocycles. The number of benzene rings is 1. The van der Waals surface area contributed by atoms with Crippen LogP contribution in [0.5, 0.6) is 0 Å². The Morgan fingerprint density at radius 2 is 2.19 bits per heavy atom. The summed E-state index contributed by atoms with van der Waals surface area (Å²) in [6.07, 6.45) is 2.53. The molecule has 1 amide bonds. The number of rotatable bonds is 5. The van der Waals surface area contributed by atoms with Gasteiger partial charge in [-0.05, 0) is 29.9 Å². The van der Waals surface area contributed by atoms with Gasteiger partial charge < -0.3 is 9.88 Å². The van der Waals surface area contributed by atoms with Gasteiger partial charge in [-0.25, -0.2) is 0 Å². The number of para-hydroxylation sites is 1. The molecule has 2 aliphatic rings. The second-order valence-electron chi connectivity index (χ2n) is 6.61. The third-order valence-corrected chi connectivity index (χ3v) is 6.94. The molecule has 0 spiro atoms. The molecule has 136 valence electrons. The fourth-order valence-corrected chi connectivity index (χ4v) is 5.46. The molecule has 2 aromatic rings. The van der Waals surface area contributed by atoms with Crippen LogP contribution < -0.4 is 10.9 Å². The summed E-state index contributed by atoms with van der Waals surface area (Å²) in [6, 6.07) is 8.14. The lowest BCUT2D eigenvalue weighted by Crippen LogP contribution is -2.36. The second kappa shape index (κ2) is 7.48. The Bertz CT molecular complexity index is 938. The van der Waals surface area contributed by atoms with Gasteiger partial charge in [-0.3, -0.25) is 14.4 Å². The van der Waals surface area contributed by atoms with Gasteiger partial charge in [0, 0.05) is 30.0 Å². The van der Waals surface area contributed by atoms with Crippen molar-refractivity contribution >= 4 is 46.1 Å². The molecule has 4 rings (SSSR count). The zero-order valence-electron chi connectivity index (χ0n) is 14.3. The summed E-state index contributed by atoms with van der Waals surface area (Å²) in [7, 11) is 0. The summed E-state index contributed by atoms with van der Waals surface area (Å²) < 4.78 is 1.89. The van der Waals surface area contributed by atoms with Crippen LogP contribution in [0.3, 0.4) is 0 Å². The Kier molecular flexibility index (Phi) is 5.09. The minimum absolute atomic E-state index is 0.0547. The van der Waals surface area contributed by atoms with Crippen molar-refractivity contribution in [2.24, 2.45) is 0 Å². The highest BCUT2D eigenvalue weighted by Gasteiger charge is 2.26. The zero-order valence-corrected chi connectivity index (χ0v) is 16.0. The van der Waals surface area contributed by atoms with Crippen molar-refractivity contribution in [3.8, 4) is 0 Å². The third kappa shape index (κ3) is 3.42. The number of Topliss-reactive ketones (excluding diaryl/α,β-unsaturated/α-hetero) is 1. The number of carbonyl (C=O) groups excluding carboxylic acids is 2. The summed E-state index contributed by atoms with van der Waals surface area (Å²) in [6.45, 7) is 0.756. The van der Waals surface area contributed by atoms with E-state index >= 15 is 0 Å². The molecule has 2 aliphatic heterocycles. The predicted octanol–water partition coefficient (Wildman–Crippen LogP) is 2.33. The zero-order chi connectivity index (χ0) is 18.1. The molecule has 3 heterocycles. The van der Waals surface area contributed by atoms with Crippen LogP contribution in [0.4, 0.5) is 0 Å². The van der Waals surface area contributed by atoms with Crippen LogP contribution in [-0.4, -0.2) is 33.1 Å². The molecule has 0 saturated carbocycles. The number of amides is 1. The molecule has 7 heteroatoms. The van der Waals surface area contributed by atoms with Gasteiger partial charge >= 0.3 is 0 Å². The van der Waals surface area contributed by atoms with Crippen LogP contribution in [0.25, 0.3) is 10.9 Å². The van der Waals surface area contributed by atoms with E-state index in [0.717, 1.165) is 41.6 Å². The van der Waals surface area contributed by atoms with E-state index in [1.54, 1.807) is 0 Å². The van der Waals surface area contributed by atoms with Crippen molar-refractivity contribution in [2.75, 3.05) is 11.5 Å². The van der Waals surface area contributed by atoms with E-state index in [2.05, 4.69) is 11.4 Å². The SMILES string of the molecule is O=C(CSCc1cc2cccc3c2n(c1=O)CCC3)NC1SCCC1=O. The molecule has 1 fully saturated rings. The number of pyridine rings is 1. The molecular formula is C19H20N2O3S2. The van der Waals surface area contributed by atoms with Crippen molar-refractivity contribution in [3.63, 3.8) is 0 Å². The Hall–Kier alpha value is -1.73. The molecule has 0 bridgehead atoms. The van der Waals surface area contributed by atoms with E-state index in [0.29, 0.717) is 12.2 Å². The number of nitrogens with one attached hydrogen (secondary N) is 1. The highest BCUT2D eigenvalue weighted by molar-refractivity contribution is 8.01. The first kappa shape index (κ1) is 17.7. The molecule has 26 heavy (non-hydrogen) atoms. The van der Waals surface area contributed by atoms with E-state index in [4.69, 9.17) is 0 Å². The molecule has 0 aliphatic carbocycles. The number of ketones is 1. The lowest BCUT2D eigenvalue weighted by atomic mass is 10.0. The van der Waals surface area contributed by atoms with E-state index in [1.807, 2.05) is 22.8 Å². The van der Waals surface area contributed by atoms with Gasteiger partial charge in [0.05, 0.1) is 11.3 Å². The Labute approximate surface area is 159 Å². The standard InChI is InChI=1S/C19H20N2O3S2/c22-15-6-8-26-18(15)20-16(23)11-25-10-14-9-13-4-1-3-12-5-2-7-21(17(12)13)19(14)24/h1,3-4,9,18H,2,5-8,10-11H2,(H,20,23). The average molecular weight is 389 g/mol. The molecular weight excluding hydrogens is 368 g/mol. The maximum Gasteiger partial charge on any atom is 0.255 e. The number of carbonyl (C=O) groups is 2. The number of aromatic nitrogens is 1. The van der Waals surface area contributed by atoms with Crippen molar-refractivity contribution in [1.29, 1.82) is 0 Å². The summed E-state index contributed by atoms with van der Waals surface area (Å²) in [5, 5.41) is 3.47. The molecule has 5 nitrogen and oxygen atoms in total.